The number of hydrogen-bond acceptors (Lipinski definition) is 4. The Morgan fingerprint density at radius 1 is 1.00 bits per heavy atom. The Morgan fingerprint density at radius 2 is 1.70 bits per heavy atom. The van der Waals surface area contributed by atoms with Gasteiger partial charge in [-0.15, -0.1) is 0 Å². The van der Waals surface area contributed by atoms with E-state index in [0.29, 0.717) is 19.6 Å². The van der Waals surface area contributed by atoms with E-state index in [1.54, 1.807) is 0 Å². The molecule has 1 aromatic rings. The van der Waals surface area contributed by atoms with Crippen LogP contribution in [0.2, 0.25) is 0 Å². The number of benzene rings is 1. The standard InChI is InChI=1S/C19H27NO3/c21-16-11-17(15-7-3-1-4-8-15)20-18(12-16)13-22-19(23-14-18)9-5-2-6-10-19/h1,3-4,7-8,16-17,20-21H,2,5-6,9-14H2/t16-,17-/m1/s1. The lowest BCUT2D eigenvalue weighted by Gasteiger charge is -2.52. The molecule has 0 amide bonds. The Bertz CT molecular complexity index is 517. The monoisotopic (exact) mass is 317 g/mol. The largest absolute Gasteiger partial charge is 0.393 e. The molecular weight excluding hydrogens is 290 g/mol. The van der Waals surface area contributed by atoms with Crippen LogP contribution >= 0.6 is 0 Å². The average molecular weight is 317 g/mol. The smallest absolute Gasteiger partial charge is 0.168 e. The molecule has 2 spiro atoms. The highest BCUT2D eigenvalue weighted by atomic mass is 16.7. The summed E-state index contributed by atoms with van der Waals surface area (Å²) in [7, 11) is 0. The highest BCUT2D eigenvalue weighted by molar-refractivity contribution is 5.21. The third-order valence-corrected chi connectivity index (χ3v) is 5.65. The number of ether oxygens (including phenoxy) is 2. The van der Waals surface area contributed by atoms with Crippen molar-refractivity contribution in [3.63, 3.8) is 0 Å². The molecule has 2 aliphatic heterocycles. The fourth-order valence-corrected chi connectivity index (χ4v) is 4.40. The first-order valence-electron chi connectivity index (χ1n) is 8.97. The molecule has 0 radical (unpaired) electrons. The second-order valence-electron chi connectivity index (χ2n) is 7.53. The SMILES string of the molecule is O[C@@H]1C[C@H](c2ccccc2)NC2(COC3(CCCCC3)OC2)C1. The van der Waals surface area contributed by atoms with Gasteiger partial charge in [-0.2, -0.15) is 0 Å². The van der Waals surface area contributed by atoms with Crippen molar-refractivity contribution >= 4 is 0 Å². The predicted octanol–water partition coefficient (Wildman–Crippen LogP) is 2.92. The molecule has 0 bridgehead atoms. The minimum atomic E-state index is -0.351. The molecule has 4 heteroatoms. The Morgan fingerprint density at radius 3 is 2.39 bits per heavy atom. The zero-order valence-corrected chi connectivity index (χ0v) is 13.7. The number of rotatable bonds is 1. The molecule has 0 aromatic heterocycles. The Labute approximate surface area is 138 Å². The second-order valence-corrected chi connectivity index (χ2v) is 7.53. The second kappa shape index (κ2) is 6.17. The van der Waals surface area contributed by atoms with Crippen LogP contribution in [-0.2, 0) is 9.47 Å². The fourth-order valence-electron chi connectivity index (χ4n) is 4.40. The van der Waals surface area contributed by atoms with E-state index in [1.165, 1.54) is 24.8 Å². The molecule has 3 aliphatic rings. The molecule has 126 valence electrons. The zero-order valence-electron chi connectivity index (χ0n) is 13.7. The highest BCUT2D eigenvalue weighted by Crippen LogP contribution is 2.41. The van der Waals surface area contributed by atoms with Crippen LogP contribution in [-0.4, -0.2) is 35.8 Å². The fraction of sp³-hybridized carbons (Fsp3) is 0.684. The van der Waals surface area contributed by atoms with Crippen LogP contribution in [0.4, 0.5) is 0 Å². The molecule has 2 heterocycles. The minimum Gasteiger partial charge on any atom is -0.393 e. The van der Waals surface area contributed by atoms with E-state index in [4.69, 9.17) is 9.47 Å². The summed E-state index contributed by atoms with van der Waals surface area (Å²) in [6.45, 7) is 1.26. The summed E-state index contributed by atoms with van der Waals surface area (Å²) in [4.78, 5) is 0. The third-order valence-electron chi connectivity index (χ3n) is 5.65. The topological polar surface area (TPSA) is 50.7 Å². The molecule has 2 N–H and O–H groups in total. The quantitative estimate of drug-likeness (QED) is 0.836. The van der Waals surface area contributed by atoms with E-state index >= 15 is 0 Å². The van der Waals surface area contributed by atoms with Gasteiger partial charge in [0, 0.05) is 18.9 Å². The lowest BCUT2D eigenvalue weighted by Crippen LogP contribution is -2.65. The summed E-state index contributed by atoms with van der Waals surface area (Å²) in [5.74, 6) is -0.351. The van der Waals surface area contributed by atoms with Gasteiger partial charge in [0.25, 0.3) is 0 Å². The first-order valence-corrected chi connectivity index (χ1v) is 8.97. The lowest BCUT2D eigenvalue weighted by molar-refractivity contribution is -0.308. The molecule has 4 nitrogen and oxygen atoms in total. The summed E-state index contributed by atoms with van der Waals surface area (Å²) < 4.78 is 12.5. The van der Waals surface area contributed by atoms with Crippen LogP contribution in [0.1, 0.15) is 56.6 Å². The average Bonchev–Trinajstić information content (AvgIpc) is 2.59. The Balaban J connectivity index is 1.48. The number of piperidine rings is 1. The molecular formula is C19H27NO3. The van der Waals surface area contributed by atoms with Gasteiger partial charge in [0.15, 0.2) is 5.79 Å². The molecule has 3 fully saturated rings. The van der Waals surface area contributed by atoms with Gasteiger partial charge in [-0.25, -0.2) is 0 Å². The van der Waals surface area contributed by atoms with E-state index in [0.717, 1.165) is 19.3 Å². The van der Waals surface area contributed by atoms with E-state index < -0.39 is 0 Å². The van der Waals surface area contributed by atoms with Crippen molar-refractivity contribution in [2.24, 2.45) is 0 Å². The first-order chi connectivity index (χ1) is 11.2. The van der Waals surface area contributed by atoms with E-state index in [1.807, 2.05) is 6.07 Å². The third kappa shape index (κ3) is 3.18. The van der Waals surface area contributed by atoms with Gasteiger partial charge in [0.2, 0.25) is 0 Å². The van der Waals surface area contributed by atoms with Crippen LogP contribution < -0.4 is 5.32 Å². The van der Waals surface area contributed by atoms with Crippen molar-refractivity contribution in [3.05, 3.63) is 35.9 Å². The Kier molecular flexibility index (Phi) is 4.18. The van der Waals surface area contributed by atoms with E-state index in [-0.39, 0.29) is 23.5 Å². The summed E-state index contributed by atoms with van der Waals surface area (Å²) >= 11 is 0. The maximum atomic E-state index is 10.4. The maximum Gasteiger partial charge on any atom is 0.168 e. The number of hydrogen-bond donors (Lipinski definition) is 2. The van der Waals surface area contributed by atoms with Crippen molar-refractivity contribution in [3.8, 4) is 0 Å². The van der Waals surface area contributed by atoms with Gasteiger partial charge < -0.3 is 19.9 Å². The summed E-state index contributed by atoms with van der Waals surface area (Å²) in [6, 6.07) is 10.5. The van der Waals surface area contributed by atoms with Crippen molar-refractivity contribution in [1.29, 1.82) is 0 Å². The summed E-state index contributed by atoms with van der Waals surface area (Å²) in [6.07, 6.45) is 6.82. The molecule has 23 heavy (non-hydrogen) atoms. The van der Waals surface area contributed by atoms with Gasteiger partial charge in [0.1, 0.15) is 0 Å². The number of aliphatic hydroxyl groups excluding tert-OH is 1. The van der Waals surface area contributed by atoms with Crippen molar-refractivity contribution in [2.75, 3.05) is 13.2 Å². The van der Waals surface area contributed by atoms with Crippen LogP contribution in [0.15, 0.2) is 30.3 Å². The van der Waals surface area contributed by atoms with Crippen LogP contribution in [0, 0.1) is 0 Å². The van der Waals surface area contributed by atoms with Gasteiger partial charge in [-0.1, -0.05) is 36.8 Å². The van der Waals surface area contributed by atoms with Crippen molar-refractivity contribution in [2.45, 2.75) is 68.4 Å². The molecule has 4 rings (SSSR count). The lowest BCUT2D eigenvalue weighted by atomic mass is 9.81. The molecule has 1 aromatic carbocycles. The molecule has 2 atom stereocenters. The first kappa shape index (κ1) is 15.6. The van der Waals surface area contributed by atoms with Gasteiger partial charge in [-0.3, -0.25) is 0 Å². The van der Waals surface area contributed by atoms with Gasteiger partial charge in [0.05, 0.1) is 24.9 Å². The number of nitrogens with one attached hydrogen (secondary N) is 1. The normalized spacial score (nSPS) is 32.9. The van der Waals surface area contributed by atoms with Crippen LogP contribution in [0.3, 0.4) is 0 Å². The van der Waals surface area contributed by atoms with Gasteiger partial charge >= 0.3 is 0 Å². The molecule has 1 aliphatic carbocycles. The summed E-state index contributed by atoms with van der Waals surface area (Å²) in [5.41, 5.74) is 0.963. The summed E-state index contributed by atoms with van der Waals surface area (Å²) in [5, 5.41) is 14.1. The predicted molar refractivity (Wildman–Crippen MR) is 88.0 cm³/mol. The van der Waals surface area contributed by atoms with Crippen LogP contribution in [0.5, 0.6) is 0 Å². The number of aliphatic hydroxyl groups is 1. The van der Waals surface area contributed by atoms with Crippen molar-refractivity contribution in [1.82, 2.24) is 5.32 Å². The van der Waals surface area contributed by atoms with E-state index in [9.17, 15) is 5.11 Å². The van der Waals surface area contributed by atoms with E-state index in [2.05, 4.69) is 29.6 Å². The zero-order chi connectivity index (χ0) is 15.8. The van der Waals surface area contributed by atoms with Crippen molar-refractivity contribution < 1.29 is 14.6 Å². The Hall–Kier alpha value is -0.940. The minimum absolute atomic E-state index is 0.160. The molecule has 1 saturated carbocycles. The van der Waals surface area contributed by atoms with Gasteiger partial charge in [-0.05, 0) is 31.2 Å². The maximum absolute atomic E-state index is 10.4. The molecule has 0 unspecified atom stereocenters. The highest BCUT2D eigenvalue weighted by Gasteiger charge is 2.48. The molecule has 2 saturated heterocycles. The van der Waals surface area contributed by atoms with Crippen LogP contribution in [0.25, 0.3) is 0 Å².